The molecule has 2 aromatic heterocycles. The minimum absolute atomic E-state index is 0.00241. The van der Waals surface area contributed by atoms with Crippen molar-refractivity contribution in [3.63, 3.8) is 0 Å². The second kappa shape index (κ2) is 8.56. The van der Waals surface area contributed by atoms with Gasteiger partial charge in [-0.25, -0.2) is 0 Å². The third kappa shape index (κ3) is 3.89. The summed E-state index contributed by atoms with van der Waals surface area (Å²) >= 11 is 12.0. The van der Waals surface area contributed by atoms with Gasteiger partial charge in [-0.3, -0.25) is 4.98 Å². The van der Waals surface area contributed by atoms with E-state index in [0.29, 0.717) is 0 Å². The zero-order valence-corrected chi connectivity index (χ0v) is 18.2. The number of benzene rings is 1. The largest absolute Gasteiger partial charge is 0.352 e. The Balaban J connectivity index is 1.79. The van der Waals surface area contributed by atoms with E-state index in [1.54, 1.807) is 0 Å². The van der Waals surface area contributed by atoms with Crippen LogP contribution in [0.5, 0.6) is 0 Å². The number of hydrogen-bond acceptors (Lipinski definition) is 2. The Morgan fingerprint density at radius 2 is 2.03 bits per heavy atom. The van der Waals surface area contributed by atoms with Gasteiger partial charge in [0.25, 0.3) is 0 Å². The molecule has 0 radical (unpaired) electrons. The Hall–Kier alpha value is -2.37. The number of aromatic nitrogens is 2. The van der Waals surface area contributed by atoms with Gasteiger partial charge < -0.3 is 14.8 Å². The van der Waals surface area contributed by atoms with Crippen molar-refractivity contribution >= 4 is 28.9 Å². The number of nitrogens with one attached hydrogen (secondary N) is 1. The summed E-state index contributed by atoms with van der Waals surface area (Å²) < 4.78 is 2.23. The van der Waals surface area contributed by atoms with E-state index >= 15 is 0 Å². The van der Waals surface area contributed by atoms with E-state index in [-0.39, 0.29) is 12.1 Å². The first kappa shape index (κ1) is 19.9. The Bertz CT molecular complexity index is 1000. The van der Waals surface area contributed by atoms with Gasteiger partial charge in [-0.15, -0.1) is 0 Å². The summed E-state index contributed by atoms with van der Waals surface area (Å²) in [6, 6.07) is 16.5. The van der Waals surface area contributed by atoms with Crippen molar-refractivity contribution in [1.29, 1.82) is 0 Å². The van der Waals surface area contributed by atoms with Crippen molar-refractivity contribution in [2.75, 3.05) is 6.54 Å². The molecule has 0 spiro atoms. The number of rotatable bonds is 6. The highest BCUT2D eigenvalue weighted by molar-refractivity contribution is 7.80. The molecule has 6 heteroatoms. The summed E-state index contributed by atoms with van der Waals surface area (Å²) in [4.78, 5) is 6.93. The van der Waals surface area contributed by atoms with Gasteiger partial charge in [0.2, 0.25) is 0 Å². The molecule has 1 saturated heterocycles. The van der Waals surface area contributed by atoms with Crippen molar-refractivity contribution in [2.24, 2.45) is 0 Å². The van der Waals surface area contributed by atoms with Crippen molar-refractivity contribution in [2.45, 2.75) is 38.8 Å². The van der Waals surface area contributed by atoms with Crippen molar-refractivity contribution in [1.82, 2.24) is 19.8 Å². The molecule has 0 unspecified atom stereocenters. The highest BCUT2D eigenvalue weighted by Crippen LogP contribution is 2.39. The predicted octanol–water partition coefficient (Wildman–Crippen LogP) is 5.61. The molecule has 0 bridgehead atoms. The molecular weight excluding hydrogens is 400 g/mol. The second-order valence-electron chi connectivity index (χ2n) is 7.41. The molecule has 29 heavy (non-hydrogen) atoms. The van der Waals surface area contributed by atoms with Crippen LogP contribution in [0.25, 0.3) is 5.69 Å². The maximum atomic E-state index is 6.26. The Morgan fingerprint density at radius 1 is 1.17 bits per heavy atom. The van der Waals surface area contributed by atoms with Crippen LogP contribution in [0, 0.1) is 6.92 Å². The molecule has 150 valence electrons. The Morgan fingerprint density at radius 3 is 2.76 bits per heavy atom. The van der Waals surface area contributed by atoms with Gasteiger partial charge in [0, 0.05) is 35.3 Å². The van der Waals surface area contributed by atoms with Gasteiger partial charge in [-0.2, -0.15) is 0 Å². The van der Waals surface area contributed by atoms with Gasteiger partial charge in [0.1, 0.15) is 0 Å². The maximum absolute atomic E-state index is 6.26. The van der Waals surface area contributed by atoms with E-state index < -0.39 is 0 Å². The number of unbranched alkanes of at least 4 members (excludes halogenated alkanes) is 1. The van der Waals surface area contributed by atoms with Gasteiger partial charge in [0.05, 0.1) is 17.8 Å². The monoisotopic (exact) mass is 424 g/mol. The smallest absolute Gasteiger partial charge is 0.170 e. The predicted molar refractivity (Wildman–Crippen MR) is 123 cm³/mol. The first-order valence-electron chi connectivity index (χ1n) is 10.0. The van der Waals surface area contributed by atoms with E-state index in [9.17, 15) is 0 Å². The average Bonchev–Trinajstić information content (AvgIpc) is 3.33. The van der Waals surface area contributed by atoms with Gasteiger partial charge in [-0.1, -0.05) is 31.0 Å². The van der Waals surface area contributed by atoms with Crippen LogP contribution in [0.2, 0.25) is 5.02 Å². The van der Waals surface area contributed by atoms with Crippen molar-refractivity contribution in [3.8, 4) is 5.69 Å². The number of hydrogen-bond donors (Lipinski definition) is 1. The summed E-state index contributed by atoms with van der Waals surface area (Å²) in [6.45, 7) is 5.16. The first-order chi connectivity index (χ1) is 14.1. The number of nitrogens with zero attached hydrogens (tertiary/aromatic N) is 3. The summed E-state index contributed by atoms with van der Waals surface area (Å²) in [6.07, 6.45) is 6.16. The lowest BCUT2D eigenvalue weighted by molar-refractivity contribution is 0.304. The SMILES string of the molecule is CCCCN1C(=S)N[C@H](c2ccccn2)[C@@H]1c1cccn1-c1ccc(Cl)c(C)c1. The lowest BCUT2D eigenvalue weighted by atomic mass is 10.0. The molecule has 4 nitrogen and oxygen atoms in total. The normalized spacial score (nSPS) is 18.9. The summed E-state index contributed by atoms with van der Waals surface area (Å²) in [5.41, 5.74) is 4.35. The van der Waals surface area contributed by atoms with Crippen LogP contribution in [0.3, 0.4) is 0 Å². The minimum Gasteiger partial charge on any atom is -0.352 e. The molecule has 1 aliphatic heterocycles. The molecule has 3 heterocycles. The third-order valence-corrected chi connectivity index (χ3v) is 6.23. The fourth-order valence-corrected chi connectivity index (χ4v) is 4.39. The van der Waals surface area contributed by atoms with E-state index in [1.807, 2.05) is 31.3 Å². The quantitative estimate of drug-likeness (QED) is 0.521. The lowest BCUT2D eigenvalue weighted by Gasteiger charge is -2.29. The molecule has 0 amide bonds. The van der Waals surface area contributed by atoms with Crippen molar-refractivity contribution < 1.29 is 0 Å². The van der Waals surface area contributed by atoms with Gasteiger partial charge >= 0.3 is 0 Å². The van der Waals surface area contributed by atoms with Crippen LogP contribution in [0.15, 0.2) is 60.9 Å². The van der Waals surface area contributed by atoms with Crippen LogP contribution < -0.4 is 5.32 Å². The zero-order chi connectivity index (χ0) is 20.4. The first-order valence-corrected chi connectivity index (χ1v) is 10.8. The number of thiocarbonyl (C=S) groups is 1. The number of pyridine rings is 1. The van der Waals surface area contributed by atoms with E-state index in [1.165, 1.54) is 5.69 Å². The van der Waals surface area contributed by atoms with E-state index in [0.717, 1.165) is 46.5 Å². The molecular formula is C23H25ClN4S. The van der Waals surface area contributed by atoms with Gasteiger partial charge in [0.15, 0.2) is 5.11 Å². The summed E-state index contributed by atoms with van der Waals surface area (Å²) in [5.74, 6) is 0. The number of halogens is 1. The van der Waals surface area contributed by atoms with E-state index in [4.69, 9.17) is 23.8 Å². The highest BCUT2D eigenvalue weighted by atomic mass is 35.5. The van der Waals surface area contributed by atoms with E-state index in [2.05, 4.69) is 63.2 Å². The van der Waals surface area contributed by atoms with Crippen LogP contribution in [-0.2, 0) is 0 Å². The molecule has 4 rings (SSSR count). The molecule has 1 fully saturated rings. The van der Waals surface area contributed by atoms with Crippen LogP contribution in [0.1, 0.15) is 48.8 Å². The second-order valence-corrected chi connectivity index (χ2v) is 8.20. The standard InChI is InChI=1S/C23H25ClN4S/c1-3-4-13-28-22(21(26-23(28)29)19-8-5-6-12-25-19)20-9-7-14-27(20)17-10-11-18(24)16(2)15-17/h5-12,14-15,21-22H,3-4,13H2,1-2H3,(H,26,29)/t21-,22+/m1/s1. The van der Waals surface area contributed by atoms with Gasteiger partial charge in [-0.05, 0) is 73.6 Å². The molecule has 1 aliphatic rings. The summed E-state index contributed by atoms with van der Waals surface area (Å²) in [7, 11) is 0. The average molecular weight is 425 g/mol. The molecule has 3 aromatic rings. The van der Waals surface area contributed by atoms with Crippen LogP contribution in [0.4, 0.5) is 0 Å². The maximum Gasteiger partial charge on any atom is 0.170 e. The Kier molecular flexibility index (Phi) is 5.88. The van der Waals surface area contributed by atoms with Crippen molar-refractivity contribution in [3.05, 3.63) is 82.9 Å². The molecule has 2 atom stereocenters. The molecule has 1 N–H and O–H groups in total. The fraction of sp³-hybridized carbons (Fsp3) is 0.304. The zero-order valence-electron chi connectivity index (χ0n) is 16.7. The number of aryl methyl sites for hydroxylation is 1. The minimum atomic E-state index is 0.00241. The molecule has 1 aromatic carbocycles. The third-order valence-electron chi connectivity index (χ3n) is 5.45. The fourth-order valence-electron chi connectivity index (χ4n) is 3.95. The van der Waals surface area contributed by atoms with Crippen LogP contribution in [-0.4, -0.2) is 26.1 Å². The topological polar surface area (TPSA) is 33.1 Å². The van der Waals surface area contributed by atoms with Crippen LogP contribution >= 0.6 is 23.8 Å². The molecule has 0 aliphatic carbocycles. The lowest BCUT2D eigenvalue weighted by Crippen LogP contribution is -2.31. The Labute approximate surface area is 182 Å². The summed E-state index contributed by atoms with van der Waals surface area (Å²) in [5, 5.41) is 5.10. The highest BCUT2D eigenvalue weighted by Gasteiger charge is 2.40. The molecule has 0 saturated carbocycles.